The smallest absolute Gasteiger partial charge is 0.124 e. The number of benzene rings is 2. The molecule has 0 saturated heterocycles. The number of rotatable bonds is 4. The molecule has 0 aliphatic rings. The monoisotopic (exact) mass is 360 g/mol. The fraction of sp³-hybridized carbons (Fsp3) is 0.200. The van der Waals surface area contributed by atoms with E-state index in [9.17, 15) is 4.39 Å². The van der Waals surface area contributed by atoms with E-state index in [2.05, 4.69) is 15.9 Å². The summed E-state index contributed by atoms with van der Waals surface area (Å²) in [6.45, 7) is 0. The molecule has 0 aliphatic heterocycles. The van der Waals surface area contributed by atoms with Crippen molar-refractivity contribution in [3.63, 3.8) is 0 Å². The Morgan fingerprint density at radius 3 is 2.58 bits per heavy atom. The molecule has 2 rings (SSSR count). The molecule has 1 atom stereocenters. The second kappa shape index (κ2) is 6.74. The molecule has 100 valence electrons. The highest BCUT2D eigenvalue weighted by Crippen LogP contribution is 2.28. The lowest BCUT2D eigenvalue weighted by atomic mass is 9.93. The predicted molar refractivity (Wildman–Crippen MR) is 82.7 cm³/mol. The number of halogens is 4. The third kappa shape index (κ3) is 3.95. The molecule has 0 saturated carbocycles. The van der Waals surface area contributed by atoms with Gasteiger partial charge in [-0.15, -0.1) is 11.6 Å². The van der Waals surface area contributed by atoms with Crippen LogP contribution in [0.15, 0.2) is 46.9 Å². The fourth-order valence-electron chi connectivity index (χ4n) is 1.97. The second-order valence-electron chi connectivity index (χ2n) is 4.35. The van der Waals surface area contributed by atoms with Crippen LogP contribution in [-0.2, 0) is 6.42 Å². The molecule has 0 radical (unpaired) electrons. The molecule has 0 bridgehead atoms. The van der Waals surface area contributed by atoms with Gasteiger partial charge in [-0.1, -0.05) is 45.7 Å². The second-order valence-corrected chi connectivity index (χ2v) is 5.98. The topological polar surface area (TPSA) is 0 Å². The van der Waals surface area contributed by atoms with E-state index in [-0.39, 0.29) is 11.7 Å². The van der Waals surface area contributed by atoms with Gasteiger partial charge in [-0.05, 0) is 41.8 Å². The Morgan fingerprint density at radius 1 is 1.16 bits per heavy atom. The minimum atomic E-state index is -0.321. The van der Waals surface area contributed by atoms with Gasteiger partial charge in [0.05, 0.1) is 0 Å². The molecular weight excluding hydrogens is 350 g/mol. The van der Waals surface area contributed by atoms with Gasteiger partial charge in [0.25, 0.3) is 0 Å². The standard InChI is InChI=1S/C15H12BrCl2F/c16-13-3-1-2-10(7-13)12(9-17)6-11-4-5-14(19)8-15(11)18/h1-5,7-8,12H,6,9H2. The van der Waals surface area contributed by atoms with Gasteiger partial charge in [0.1, 0.15) is 5.82 Å². The van der Waals surface area contributed by atoms with Crippen LogP contribution in [0.5, 0.6) is 0 Å². The van der Waals surface area contributed by atoms with E-state index in [4.69, 9.17) is 23.2 Å². The van der Waals surface area contributed by atoms with Crippen molar-refractivity contribution < 1.29 is 4.39 Å². The van der Waals surface area contributed by atoms with Crippen molar-refractivity contribution in [3.8, 4) is 0 Å². The van der Waals surface area contributed by atoms with Crippen LogP contribution in [0.4, 0.5) is 4.39 Å². The highest BCUT2D eigenvalue weighted by Gasteiger charge is 2.14. The molecule has 2 aromatic carbocycles. The van der Waals surface area contributed by atoms with E-state index in [1.54, 1.807) is 6.07 Å². The molecular formula is C15H12BrCl2F. The largest absolute Gasteiger partial charge is 0.207 e. The number of alkyl halides is 1. The first-order valence-corrected chi connectivity index (χ1v) is 7.56. The molecule has 0 fully saturated rings. The Morgan fingerprint density at radius 2 is 1.95 bits per heavy atom. The van der Waals surface area contributed by atoms with Crippen LogP contribution in [0.3, 0.4) is 0 Å². The van der Waals surface area contributed by atoms with Crippen molar-refractivity contribution in [1.29, 1.82) is 0 Å². The average Bonchev–Trinajstić information content (AvgIpc) is 2.38. The minimum Gasteiger partial charge on any atom is -0.207 e. The first-order valence-electron chi connectivity index (χ1n) is 5.85. The maximum Gasteiger partial charge on any atom is 0.124 e. The van der Waals surface area contributed by atoms with Crippen LogP contribution in [0, 0.1) is 5.82 Å². The summed E-state index contributed by atoms with van der Waals surface area (Å²) in [5, 5.41) is 0.449. The Hall–Kier alpha value is -0.570. The maximum absolute atomic E-state index is 13.0. The lowest BCUT2D eigenvalue weighted by Crippen LogP contribution is -2.05. The van der Waals surface area contributed by atoms with Gasteiger partial charge in [0, 0.05) is 21.3 Å². The van der Waals surface area contributed by atoms with Crippen LogP contribution in [0.1, 0.15) is 17.0 Å². The summed E-state index contributed by atoms with van der Waals surface area (Å²) < 4.78 is 14.0. The van der Waals surface area contributed by atoms with Gasteiger partial charge in [0.15, 0.2) is 0 Å². The van der Waals surface area contributed by atoms with Gasteiger partial charge in [-0.3, -0.25) is 0 Å². The Labute approximate surface area is 130 Å². The summed E-state index contributed by atoms with van der Waals surface area (Å²) in [6.07, 6.45) is 0.694. The van der Waals surface area contributed by atoms with Crippen molar-refractivity contribution in [2.75, 3.05) is 5.88 Å². The molecule has 19 heavy (non-hydrogen) atoms. The Bertz CT molecular complexity index is 572. The minimum absolute atomic E-state index is 0.155. The predicted octanol–water partition coefficient (Wildman–Crippen LogP) is 5.81. The van der Waals surface area contributed by atoms with Gasteiger partial charge in [-0.2, -0.15) is 0 Å². The highest BCUT2D eigenvalue weighted by atomic mass is 79.9. The zero-order valence-electron chi connectivity index (χ0n) is 10.0. The normalized spacial score (nSPS) is 12.4. The van der Waals surface area contributed by atoms with Crippen molar-refractivity contribution in [2.45, 2.75) is 12.3 Å². The molecule has 1 unspecified atom stereocenters. The molecule has 4 heteroatoms. The molecule has 0 aromatic heterocycles. The summed E-state index contributed by atoms with van der Waals surface area (Å²) >= 11 is 15.6. The Kier molecular flexibility index (Phi) is 5.26. The zero-order valence-corrected chi connectivity index (χ0v) is 13.1. The first-order chi connectivity index (χ1) is 9.10. The molecule has 0 aliphatic carbocycles. The first kappa shape index (κ1) is 14.8. The molecule has 0 nitrogen and oxygen atoms in total. The zero-order chi connectivity index (χ0) is 13.8. The fourth-order valence-corrected chi connectivity index (χ4v) is 2.92. The maximum atomic E-state index is 13.0. The van der Waals surface area contributed by atoms with Gasteiger partial charge in [0.2, 0.25) is 0 Å². The Balaban J connectivity index is 2.24. The van der Waals surface area contributed by atoms with Crippen LogP contribution >= 0.6 is 39.1 Å². The number of hydrogen-bond acceptors (Lipinski definition) is 0. The van der Waals surface area contributed by atoms with Gasteiger partial charge in [-0.25, -0.2) is 4.39 Å². The van der Waals surface area contributed by atoms with Crippen LogP contribution in [0.2, 0.25) is 5.02 Å². The molecule has 0 spiro atoms. The highest BCUT2D eigenvalue weighted by molar-refractivity contribution is 9.10. The van der Waals surface area contributed by atoms with Crippen molar-refractivity contribution in [2.24, 2.45) is 0 Å². The molecule has 0 N–H and O–H groups in total. The van der Waals surface area contributed by atoms with Crippen LogP contribution in [-0.4, -0.2) is 5.88 Å². The van der Waals surface area contributed by atoms with Gasteiger partial charge < -0.3 is 0 Å². The summed E-state index contributed by atoms with van der Waals surface area (Å²) in [5.41, 5.74) is 2.05. The van der Waals surface area contributed by atoms with E-state index in [0.29, 0.717) is 17.3 Å². The summed E-state index contributed by atoms with van der Waals surface area (Å²) in [4.78, 5) is 0. The third-order valence-electron chi connectivity index (χ3n) is 2.99. The lowest BCUT2D eigenvalue weighted by molar-refractivity contribution is 0.626. The summed E-state index contributed by atoms with van der Waals surface area (Å²) in [7, 11) is 0. The van der Waals surface area contributed by atoms with Crippen molar-refractivity contribution in [1.82, 2.24) is 0 Å². The van der Waals surface area contributed by atoms with Crippen molar-refractivity contribution in [3.05, 3.63) is 68.9 Å². The summed E-state index contributed by atoms with van der Waals surface area (Å²) in [6, 6.07) is 12.5. The van der Waals surface area contributed by atoms with E-state index < -0.39 is 0 Å². The quantitative estimate of drug-likeness (QED) is 0.603. The molecule has 0 amide bonds. The van der Waals surface area contributed by atoms with E-state index in [1.807, 2.05) is 24.3 Å². The van der Waals surface area contributed by atoms with Crippen LogP contribution in [0.25, 0.3) is 0 Å². The van der Waals surface area contributed by atoms with Crippen LogP contribution < -0.4 is 0 Å². The van der Waals surface area contributed by atoms with E-state index >= 15 is 0 Å². The van der Waals surface area contributed by atoms with Crippen molar-refractivity contribution >= 4 is 39.1 Å². The lowest BCUT2D eigenvalue weighted by Gasteiger charge is -2.15. The third-order valence-corrected chi connectivity index (χ3v) is 4.21. The number of hydrogen-bond donors (Lipinski definition) is 0. The summed E-state index contributed by atoms with van der Waals surface area (Å²) in [5.74, 6) is 0.324. The molecule has 2 aromatic rings. The molecule has 0 heterocycles. The average molecular weight is 362 g/mol. The SMILES string of the molecule is Fc1ccc(CC(CCl)c2cccc(Br)c2)c(Cl)c1. The van der Waals surface area contributed by atoms with E-state index in [0.717, 1.165) is 15.6 Å². The van der Waals surface area contributed by atoms with Gasteiger partial charge >= 0.3 is 0 Å². The van der Waals surface area contributed by atoms with E-state index in [1.165, 1.54) is 12.1 Å².